The van der Waals surface area contributed by atoms with Crippen molar-refractivity contribution in [3.8, 4) is 17.5 Å². The summed E-state index contributed by atoms with van der Waals surface area (Å²) in [5.74, 6) is 0.0567. The zero-order valence-electron chi connectivity index (χ0n) is 15.6. The van der Waals surface area contributed by atoms with Gasteiger partial charge in [-0.25, -0.2) is 4.98 Å². The van der Waals surface area contributed by atoms with E-state index in [0.29, 0.717) is 43.1 Å². The number of hydrogen-bond acceptors (Lipinski definition) is 6. The number of piperazine rings is 1. The minimum Gasteiger partial charge on any atom is -0.368 e. The van der Waals surface area contributed by atoms with Gasteiger partial charge in [0.05, 0.1) is 11.6 Å². The monoisotopic (exact) mass is 386 g/mol. The summed E-state index contributed by atoms with van der Waals surface area (Å²) in [7, 11) is 0. The van der Waals surface area contributed by atoms with Crippen LogP contribution < -0.4 is 10.5 Å². The molecule has 1 amide bonds. The molecule has 1 aliphatic rings. The molecule has 1 aromatic carbocycles. The maximum absolute atomic E-state index is 12.8. The number of benzene rings is 1. The Hall–Kier alpha value is -3.99. The molecular weight excluding hydrogens is 368 g/mol. The number of anilines is 1. The largest absolute Gasteiger partial charge is 0.368 e. The van der Waals surface area contributed by atoms with E-state index in [0.717, 1.165) is 5.69 Å². The van der Waals surface area contributed by atoms with Crippen LogP contribution in [0.2, 0.25) is 0 Å². The Kier molecular flexibility index (Phi) is 5.03. The van der Waals surface area contributed by atoms with E-state index in [4.69, 9.17) is 5.26 Å². The first-order chi connectivity index (χ1) is 14.2. The van der Waals surface area contributed by atoms with Crippen LogP contribution in [-0.4, -0.2) is 51.9 Å². The number of hydrogen-bond donors (Lipinski definition) is 1. The highest BCUT2D eigenvalue weighted by molar-refractivity contribution is 5.93. The fraction of sp³-hybridized carbons (Fsp3) is 0.190. The molecule has 1 saturated heterocycles. The highest BCUT2D eigenvalue weighted by atomic mass is 16.2. The first kappa shape index (κ1) is 18.4. The summed E-state index contributed by atoms with van der Waals surface area (Å²) in [6, 6.07) is 13.0. The Morgan fingerprint density at radius 3 is 2.45 bits per heavy atom. The van der Waals surface area contributed by atoms with E-state index < -0.39 is 5.56 Å². The summed E-state index contributed by atoms with van der Waals surface area (Å²) < 4.78 is 0. The molecule has 4 rings (SSSR count). The second-order valence-corrected chi connectivity index (χ2v) is 6.65. The van der Waals surface area contributed by atoms with Crippen molar-refractivity contribution in [1.29, 1.82) is 5.26 Å². The molecule has 0 bridgehead atoms. The van der Waals surface area contributed by atoms with Crippen LogP contribution in [0.5, 0.6) is 0 Å². The normalized spacial score (nSPS) is 13.8. The summed E-state index contributed by atoms with van der Waals surface area (Å²) in [5, 5.41) is 8.90. The minimum atomic E-state index is -0.460. The summed E-state index contributed by atoms with van der Waals surface area (Å²) >= 11 is 0. The second-order valence-electron chi connectivity index (χ2n) is 6.65. The lowest BCUT2D eigenvalue weighted by Gasteiger charge is -2.36. The summed E-state index contributed by atoms with van der Waals surface area (Å²) in [6.07, 6.45) is 4.57. The van der Waals surface area contributed by atoms with Gasteiger partial charge in [0.2, 0.25) is 0 Å². The lowest BCUT2D eigenvalue weighted by atomic mass is 10.2. The summed E-state index contributed by atoms with van der Waals surface area (Å²) in [5.41, 5.74) is 1.88. The number of carbonyl (C=O) groups is 1. The molecule has 29 heavy (non-hydrogen) atoms. The molecule has 1 aliphatic heterocycles. The predicted octanol–water partition coefficient (Wildman–Crippen LogP) is 1.67. The SMILES string of the molecule is N#Cc1ccc(N2CCN(C(=O)c3cnc(-c4cccnc4)[nH]c3=O)CC2)cc1. The standard InChI is InChI=1S/C21H18N6O2/c22-12-15-3-5-17(6-4-15)26-8-10-27(11-9-26)21(29)18-14-24-19(25-20(18)28)16-2-1-7-23-13-16/h1-7,13-14H,8-11H2,(H,24,25,28). The lowest BCUT2D eigenvalue weighted by Crippen LogP contribution is -2.49. The van der Waals surface area contributed by atoms with E-state index in [1.807, 2.05) is 12.1 Å². The fourth-order valence-corrected chi connectivity index (χ4v) is 3.28. The zero-order chi connectivity index (χ0) is 20.2. The number of nitrogens with one attached hydrogen (secondary N) is 1. The lowest BCUT2D eigenvalue weighted by molar-refractivity contribution is 0.0744. The minimum absolute atomic E-state index is 0.0319. The van der Waals surface area contributed by atoms with Crippen LogP contribution in [0.4, 0.5) is 5.69 Å². The van der Waals surface area contributed by atoms with Crippen molar-refractivity contribution in [3.05, 3.63) is 76.5 Å². The number of aromatic nitrogens is 3. The number of carbonyl (C=O) groups excluding carboxylic acids is 1. The molecule has 0 saturated carbocycles. The third kappa shape index (κ3) is 3.84. The Morgan fingerprint density at radius 1 is 1.07 bits per heavy atom. The smallest absolute Gasteiger partial charge is 0.264 e. The first-order valence-corrected chi connectivity index (χ1v) is 9.20. The van der Waals surface area contributed by atoms with Gasteiger partial charge in [-0.1, -0.05) is 0 Å². The average molecular weight is 386 g/mol. The molecule has 0 aliphatic carbocycles. The maximum Gasteiger partial charge on any atom is 0.264 e. The molecule has 144 valence electrons. The Morgan fingerprint density at radius 2 is 1.83 bits per heavy atom. The molecule has 2 aromatic heterocycles. The van der Waals surface area contributed by atoms with Crippen LogP contribution in [0, 0.1) is 11.3 Å². The van der Waals surface area contributed by atoms with Crippen LogP contribution in [-0.2, 0) is 0 Å². The molecule has 1 N–H and O–H groups in total. The van der Waals surface area contributed by atoms with Crippen LogP contribution in [0.25, 0.3) is 11.4 Å². The summed E-state index contributed by atoms with van der Waals surface area (Å²) in [6.45, 7) is 2.30. The molecule has 8 nitrogen and oxygen atoms in total. The summed E-state index contributed by atoms with van der Waals surface area (Å²) in [4.78, 5) is 39.9. The van der Waals surface area contributed by atoms with Crippen LogP contribution in [0.1, 0.15) is 15.9 Å². The third-order valence-corrected chi connectivity index (χ3v) is 4.89. The maximum atomic E-state index is 12.8. The van der Waals surface area contributed by atoms with Crippen molar-refractivity contribution in [1.82, 2.24) is 19.9 Å². The number of nitriles is 1. The van der Waals surface area contributed by atoms with Crippen molar-refractivity contribution in [2.45, 2.75) is 0 Å². The van der Waals surface area contributed by atoms with Crippen molar-refractivity contribution < 1.29 is 4.79 Å². The van der Waals surface area contributed by atoms with Crippen LogP contribution in [0.15, 0.2) is 59.8 Å². The average Bonchev–Trinajstić information content (AvgIpc) is 2.79. The molecule has 0 radical (unpaired) electrons. The van der Waals surface area contributed by atoms with Gasteiger partial charge in [-0.05, 0) is 36.4 Å². The molecule has 3 aromatic rings. The number of aromatic amines is 1. The molecule has 3 heterocycles. The Balaban J connectivity index is 1.44. The van der Waals surface area contributed by atoms with Crippen LogP contribution >= 0.6 is 0 Å². The van der Waals surface area contributed by atoms with Crippen molar-refractivity contribution in [2.75, 3.05) is 31.1 Å². The number of pyridine rings is 1. The van der Waals surface area contributed by atoms with E-state index in [1.165, 1.54) is 6.20 Å². The zero-order valence-corrected chi connectivity index (χ0v) is 15.6. The van der Waals surface area contributed by atoms with E-state index in [2.05, 4.69) is 25.9 Å². The third-order valence-electron chi connectivity index (χ3n) is 4.89. The molecule has 0 atom stereocenters. The topological polar surface area (TPSA) is 106 Å². The molecular formula is C21H18N6O2. The van der Waals surface area contributed by atoms with E-state index in [-0.39, 0.29) is 11.5 Å². The van der Waals surface area contributed by atoms with Crippen molar-refractivity contribution in [3.63, 3.8) is 0 Å². The van der Waals surface area contributed by atoms with Gasteiger partial charge in [0.15, 0.2) is 0 Å². The van der Waals surface area contributed by atoms with E-state index in [9.17, 15) is 9.59 Å². The van der Waals surface area contributed by atoms with Gasteiger partial charge in [0, 0.05) is 56.0 Å². The van der Waals surface area contributed by atoms with Crippen LogP contribution in [0.3, 0.4) is 0 Å². The van der Waals surface area contributed by atoms with Gasteiger partial charge in [0.25, 0.3) is 11.5 Å². The molecule has 0 spiro atoms. The first-order valence-electron chi connectivity index (χ1n) is 9.20. The Labute approximate surface area is 167 Å². The molecule has 0 unspecified atom stereocenters. The van der Waals surface area contributed by atoms with Gasteiger partial charge in [-0.15, -0.1) is 0 Å². The highest BCUT2D eigenvalue weighted by Crippen LogP contribution is 2.18. The molecule has 1 fully saturated rings. The van der Waals surface area contributed by atoms with Gasteiger partial charge in [0.1, 0.15) is 11.4 Å². The quantitative estimate of drug-likeness (QED) is 0.734. The van der Waals surface area contributed by atoms with E-state index in [1.54, 1.807) is 41.6 Å². The van der Waals surface area contributed by atoms with Gasteiger partial charge < -0.3 is 14.8 Å². The second kappa shape index (κ2) is 7.94. The number of nitrogens with zero attached hydrogens (tertiary/aromatic N) is 5. The number of H-pyrrole nitrogens is 1. The van der Waals surface area contributed by atoms with Gasteiger partial charge in [-0.3, -0.25) is 14.6 Å². The molecule has 8 heteroatoms. The fourth-order valence-electron chi connectivity index (χ4n) is 3.28. The van der Waals surface area contributed by atoms with Gasteiger partial charge in [-0.2, -0.15) is 5.26 Å². The predicted molar refractivity (Wildman–Crippen MR) is 107 cm³/mol. The Bertz CT molecular complexity index is 1110. The highest BCUT2D eigenvalue weighted by Gasteiger charge is 2.24. The van der Waals surface area contributed by atoms with Gasteiger partial charge >= 0.3 is 0 Å². The number of rotatable bonds is 3. The number of amides is 1. The van der Waals surface area contributed by atoms with Crippen molar-refractivity contribution in [2.24, 2.45) is 0 Å². The van der Waals surface area contributed by atoms with E-state index >= 15 is 0 Å². The van der Waals surface area contributed by atoms with Crippen molar-refractivity contribution >= 4 is 11.6 Å².